The molecule has 138 valence electrons. The second-order valence-corrected chi connectivity index (χ2v) is 7.90. The Balaban J connectivity index is 1.76. The predicted molar refractivity (Wildman–Crippen MR) is 111 cm³/mol. The van der Waals surface area contributed by atoms with Crippen LogP contribution in [0.2, 0.25) is 0 Å². The fourth-order valence-electron chi connectivity index (χ4n) is 3.53. The maximum atomic E-state index is 12.1. The fraction of sp³-hybridized carbons (Fsp3) is 0.400. The highest BCUT2D eigenvalue weighted by Gasteiger charge is 2.37. The SMILES string of the molecule is CCOC(=O)c1cccc(NC(=S)NC2(c3cccs3)CCCC2)c1C. The molecular formula is C20H24N2O2S2. The average molecular weight is 389 g/mol. The zero-order valence-corrected chi connectivity index (χ0v) is 16.8. The number of nitrogens with one attached hydrogen (secondary N) is 2. The average Bonchev–Trinajstić information content (AvgIpc) is 3.29. The van der Waals surface area contributed by atoms with Gasteiger partial charge >= 0.3 is 5.97 Å². The van der Waals surface area contributed by atoms with Crippen LogP contribution in [-0.4, -0.2) is 17.7 Å². The molecule has 6 heteroatoms. The lowest BCUT2D eigenvalue weighted by atomic mass is 9.96. The molecule has 0 atom stereocenters. The topological polar surface area (TPSA) is 50.4 Å². The van der Waals surface area contributed by atoms with Crippen LogP contribution < -0.4 is 10.6 Å². The van der Waals surface area contributed by atoms with Crippen molar-refractivity contribution in [1.82, 2.24) is 5.32 Å². The Morgan fingerprint density at radius 3 is 2.69 bits per heavy atom. The number of thiophene rings is 1. The summed E-state index contributed by atoms with van der Waals surface area (Å²) in [5, 5.41) is 9.54. The van der Waals surface area contributed by atoms with Crippen molar-refractivity contribution in [3.8, 4) is 0 Å². The zero-order valence-electron chi connectivity index (χ0n) is 15.1. The molecule has 3 rings (SSSR count). The lowest BCUT2D eigenvalue weighted by Crippen LogP contribution is -2.45. The van der Waals surface area contributed by atoms with E-state index >= 15 is 0 Å². The minimum atomic E-state index is -0.307. The van der Waals surface area contributed by atoms with Crippen molar-refractivity contribution in [3.05, 3.63) is 51.7 Å². The number of carbonyl (C=O) groups excluding carboxylic acids is 1. The van der Waals surface area contributed by atoms with E-state index in [4.69, 9.17) is 17.0 Å². The molecule has 1 fully saturated rings. The first-order chi connectivity index (χ1) is 12.6. The molecule has 0 bridgehead atoms. The number of hydrogen-bond donors (Lipinski definition) is 2. The maximum Gasteiger partial charge on any atom is 0.338 e. The number of thiocarbonyl (C=S) groups is 1. The summed E-state index contributed by atoms with van der Waals surface area (Å²) in [4.78, 5) is 13.4. The second kappa shape index (κ2) is 8.18. The monoisotopic (exact) mass is 388 g/mol. The van der Waals surface area contributed by atoms with E-state index in [0.717, 1.165) is 24.1 Å². The summed E-state index contributed by atoms with van der Waals surface area (Å²) in [6.45, 7) is 4.07. The van der Waals surface area contributed by atoms with Crippen LogP contribution in [0.3, 0.4) is 0 Å². The standard InChI is InChI=1S/C20H24N2O2S2/c1-3-24-18(23)15-8-6-9-16(14(15)2)21-19(25)22-20(11-4-5-12-20)17-10-7-13-26-17/h6-10,13H,3-5,11-12H2,1-2H3,(H2,21,22,25). The smallest absolute Gasteiger partial charge is 0.338 e. The van der Waals surface area contributed by atoms with Gasteiger partial charge in [0.25, 0.3) is 0 Å². The number of ether oxygens (including phenoxy) is 1. The van der Waals surface area contributed by atoms with Gasteiger partial charge in [0.05, 0.1) is 17.7 Å². The van der Waals surface area contributed by atoms with E-state index in [1.54, 1.807) is 24.3 Å². The van der Waals surface area contributed by atoms with Crippen LogP contribution in [0.5, 0.6) is 0 Å². The van der Waals surface area contributed by atoms with Crippen molar-refractivity contribution < 1.29 is 9.53 Å². The summed E-state index contributed by atoms with van der Waals surface area (Å²) in [5.41, 5.74) is 2.15. The van der Waals surface area contributed by atoms with E-state index in [9.17, 15) is 4.79 Å². The number of hydrogen-bond acceptors (Lipinski definition) is 4. The number of benzene rings is 1. The molecule has 26 heavy (non-hydrogen) atoms. The van der Waals surface area contributed by atoms with Gasteiger partial charge in [-0.1, -0.05) is 25.0 Å². The van der Waals surface area contributed by atoms with Crippen molar-refractivity contribution in [2.75, 3.05) is 11.9 Å². The molecule has 4 nitrogen and oxygen atoms in total. The minimum absolute atomic E-state index is 0.0785. The van der Waals surface area contributed by atoms with E-state index in [1.165, 1.54) is 17.7 Å². The summed E-state index contributed by atoms with van der Waals surface area (Å²) in [7, 11) is 0. The lowest BCUT2D eigenvalue weighted by molar-refractivity contribution is 0.0525. The van der Waals surface area contributed by atoms with E-state index in [0.29, 0.717) is 17.3 Å². The first-order valence-electron chi connectivity index (χ1n) is 8.95. The van der Waals surface area contributed by atoms with Gasteiger partial charge in [0.2, 0.25) is 0 Å². The molecule has 0 unspecified atom stereocenters. The van der Waals surface area contributed by atoms with Crippen LogP contribution in [0.15, 0.2) is 35.7 Å². The maximum absolute atomic E-state index is 12.1. The van der Waals surface area contributed by atoms with Crippen molar-refractivity contribution in [2.45, 2.75) is 45.1 Å². The molecule has 2 N–H and O–H groups in total. The summed E-state index contributed by atoms with van der Waals surface area (Å²) in [5.74, 6) is -0.307. The van der Waals surface area contributed by atoms with Gasteiger partial charge in [-0.2, -0.15) is 0 Å². The van der Waals surface area contributed by atoms with Gasteiger partial charge < -0.3 is 15.4 Å². The van der Waals surface area contributed by atoms with Crippen molar-refractivity contribution in [3.63, 3.8) is 0 Å². The molecule has 1 aliphatic rings. The van der Waals surface area contributed by atoms with Gasteiger partial charge in [0, 0.05) is 10.6 Å². The predicted octanol–water partition coefficient (Wildman–Crippen LogP) is 4.99. The largest absolute Gasteiger partial charge is 0.462 e. The number of carbonyl (C=O) groups is 1. The van der Waals surface area contributed by atoms with Crippen LogP contribution in [0.4, 0.5) is 5.69 Å². The Bertz CT molecular complexity index is 781. The Labute approximate surface area is 164 Å². The highest BCUT2D eigenvalue weighted by molar-refractivity contribution is 7.80. The number of anilines is 1. The zero-order chi connectivity index (χ0) is 18.6. The molecule has 1 aromatic heterocycles. The van der Waals surface area contributed by atoms with Gasteiger partial charge in [-0.15, -0.1) is 11.3 Å². The summed E-state index contributed by atoms with van der Waals surface area (Å²) < 4.78 is 5.13. The van der Waals surface area contributed by atoms with Gasteiger partial charge in [0.15, 0.2) is 5.11 Å². The van der Waals surface area contributed by atoms with E-state index in [2.05, 4.69) is 28.1 Å². The molecule has 0 aliphatic heterocycles. The van der Waals surface area contributed by atoms with Crippen LogP contribution in [-0.2, 0) is 10.3 Å². The molecule has 0 spiro atoms. The van der Waals surface area contributed by atoms with E-state index in [1.807, 2.05) is 19.1 Å². The Morgan fingerprint density at radius 1 is 1.27 bits per heavy atom. The second-order valence-electron chi connectivity index (χ2n) is 6.54. The van der Waals surface area contributed by atoms with Gasteiger partial charge in [-0.05, 0) is 68.0 Å². The van der Waals surface area contributed by atoms with Gasteiger partial charge in [-0.25, -0.2) is 4.79 Å². The minimum Gasteiger partial charge on any atom is -0.462 e. The third-order valence-corrected chi connectivity index (χ3v) is 6.16. The Kier molecular flexibility index (Phi) is 5.94. The molecule has 1 aliphatic carbocycles. The van der Waals surface area contributed by atoms with Crippen LogP contribution in [0.1, 0.15) is 53.4 Å². The molecule has 1 heterocycles. The van der Waals surface area contributed by atoms with Crippen molar-refractivity contribution >= 4 is 40.3 Å². The lowest BCUT2D eigenvalue weighted by Gasteiger charge is -2.31. The Morgan fingerprint density at radius 2 is 2.04 bits per heavy atom. The molecule has 2 aromatic rings. The van der Waals surface area contributed by atoms with Gasteiger partial charge in [-0.3, -0.25) is 0 Å². The van der Waals surface area contributed by atoms with Crippen molar-refractivity contribution in [2.24, 2.45) is 0 Å². The van der Waals surface area contributed by atoms with Crippen LogP contribution in [0.25, 0.3) is 0 Å². The van der Waals surface area contributed by atoms with Crippen molar-refractivity contribution in [1.29, 1.82) is 0 Å². The van der Waals surface area contributed by atoms with Crippen LogP contribution in [0, 0.1) is 6.92 Å². The third kappa shape index (κ3) is 3.91. The molecule has 0 amide bonds. The molecule has 0 radical (unpaired) electrons. The molecular weight excluding hydrogens is 364 g/mol. The molecule has 1 saturated carbocycles. The normalized spacial score (nSPS) is 15.5. The summed E-state index contributed by atoms with van der Waals surface area (Å²) in [6, 6.07) is 9.82. The fourth-order valence-corrected chi connectivity index (χ4v) is 4.78. The van der Waals surface area contributed by atoms with E-state index < -0.39 is 0 Å². The van der Waals surface area contributed by atoms with Gasteiger partial charge in [0.1, 0.15) is 0 Å². The quantitative estimate of drug-likeness (QED) is 0.558. The Hall–Kier alpha value is -1.92. The summed E-state index contributed by atoms with van der Waals surface area (Å²) >= 11 is 7.38. The number of rotatable bonds is 5. The number of esters is 1. The third-order valence-electron chi connectivity index (χ3n) is 4.88. The molecule has 0 saturated heterocycles. The molecule has 1 aromatic carbocycles. The van der Waals surface area contributed by atoms with Crippen LogP contribution >= 0.6 is 23.6 Å². The highest BCUT2D eigenvalue weighted by Crippen LogP contribution is 2.40. The highest BCUT2D eigenvalue weighted by atomic mass is 32.1. The van der Waals surface area contributed by atoms with E-state index in [-0.39, 0.29) is 11.5 Å². The first-order valence-corrected chi connectivity index (χ1v) is 10.2. The first kappa shape index (κ1) is 18.9. The summed E-state index contributed by atoms with van der Waals surface area (Å²) in [6.07, 6.45) is 4.56.